The number of pyridine rings is 1. The van der Waals surface area contributed by atoms with E-state index in [1.54, 1.807) is 0 Å². The van der Waals surface area contributed by atoms with Gasteiger partial charge in [0.1, 0.15) is 10.8 Å². The van der Waals surface area contributed by atoms with Crippen molar-refractivity contribution >= 4 is 44.6 Å². The summed E-state index contributed by atoms with van der Waals surface area (Å²) in [4.78, 5) is 4.87. The fourth-order valence-corrected chi connectivity index (χ4v) is 3.05. The van der Waals surface area contributed by atoms with Gasteiger partial charge in [0, 0.05) is 15.9 Å². The highest BCUT2D eigenvalue weighted by Gasteiger charge is 2.12. The van der Waals surface area contributed by atoms with Crippen LogP contribution >= 0.6 is 28.1 Å². The van der Waals surface area contributed by atoms with E-state index in [1.807, 2.05) is 39.0 Å². The van der Waals surface area contributed by atoms with Crippen molar-refractivity contribution in [2.75, 3.05) is 5.32 Å². The van der Waals surface area contributed by atoms with Gasteiger partial charge in [0.05, 0.1) is 5.56 Å². The van der Waals surface area contributed by atoms with Crippen LogP contribution < -0.4 is 11.1 Å². The van der Waals surface area contributed by atoms with Crippen LogP contribution in [0.3, 0.4) is 0 Å². The maximum atomic E-state index is 5.82. The van der Waals surface area contributed by atoms with Crippen molar-refractivity contribution in [3.8, 4) is 0 Å². The first-order valence-corrected chi connectivity index (χ1v) is 7.39. The zero-order valence-corrected chi connectivity index (χ0v) is 14.0. The highest BCUT2D eigenvalue weighted by molar-refractivity contribution is 9.10. The maximum absolute atomic E-state index is 5.82. The van der Waals surface area contributed by atoms with Crippen LogP contribution in [0.25, 0.3) is 0 Å². The van der Waals surface area contributed by atoms with Gasteiger partial charge in [0.25, 0.3) is 0 Å². The number of halogens is 1. The molecule has 0 aliphatic rings. The molecule has 3 nitrogen and oxygen atoms in total. The van der Waals surface area contributed by atoms with Gasteiger partial charge < -0.3 is 11.1 Å². The summed E-state index contributed by atoms with van der Waals surface area (Å²) in [5.41, 5.74) is 10.7. The van der Waals surface area contributed by atoms with Gasteiger partial charge in [-0.25, -0.2) is 4.98 Å². The van der Waals surface area contributed by atoms with Gasteiger partial charge >= 0.3 is 0 Å². The molecule has 0 atom stereocenters. The average molecular weight is 350 g/mol. The molecule has 2 rings (SSSR count). The molecule has 1 aromatic carbocycles. The van der Waals surface area contributed by atoms with Gasteiger partial charge in [-0.2, -0.15) is 0 Å². The highest BCUT2D eigenvalue weighted by Crippen LogP contribution is 2.25. The fourth-order valence-electron chi connectivity index (χ4n) is 2.18. The van der Waals surface area contributed by atoms with Crippen LogP contribution in [0.5, 0.6) is 0 Å². The maximum Gasteiger partial charge on any atom is 0.141 e. The Morgan fingerprint density at radius 1 is 1.20 bits per heavy atom. The number of hydrogen-bond acceptors (Lipinski definition) is 3. The Hall–Kier alpha value is -1.46. The van der Waals surface area contributed by atoms with E-state index in [-0.39, 0.29) is 0 Å². The van der Waals surface area contributed by atoms with Crippen LogP contribution in [0, 0.1) is 20.8 Å². The van der Waals surface area contributed by atoms with Crippen LogP contribution in [0.4, 0.5) is 11.5 Å². The Bertz CT molecular complexity index is 663. The number of nitrogens with zero attached hydrogens (tertiary/aromatic N) is 1. The molecule has 0 spiro atoms. The number of thiocarbonyl (C=S) groups is 1. The molecular weight excluding hydrogens is 334 g/mol. The van der Waals surface area contributed by atoms with Crippen molar-refractivity contribution in [2.45, 2.75) is 20.8 Å². The summed E-state index contributed by atoms with van der Waals surface area (Å²) < 4.78 is 1.02. The molecule has 2 aromatic rings. The molecular formula is C15H16BrN3S. The molecule has 3 N–H and O–H groups in total. The first-order valence-electron chi connectivity index (χ1n) is 6.19. The van der Waals surface area contributed by atoms with E-state index in [9.17, 15) is 0 Å². The first kappa shape index (κ1) is 14.9. The van der Waals surface area contributed by atoms with Crippen LogP contribution in [-0.2, 0) is 0 Å². The quantitative estimate of drug-likeness (QED) is 0.817. The second kappa shape index (κ2) is 5.89. The third-order valence-corrected chi connectivity index (χ3v) is 3.56. The minimum Gasteiger partial charge on any atom is -0.389 e. The number of nitrogens with two attached hydrogens (primary N) is 1. The molecule has 20 heavy (non-hydrogen) atoms. The Morgan fingerprint density at radius 3 is 2.50 bits per heavy atom. The lowest BCUT2D eigenvalue weighted by molar-refractivity contribution is 1.17. The van der Waals surface area contributed by atoms with Gasteiger partial charge in [-0.1, -0.05) is 28.1 Å². The molecule has 0 unspecified atom stereocenters. The summed E-state index contributed by atoms with van der Waals surface area (Å²) in [5.74, 6) is 0.701. The number of anilines is 2. The predicted molar refractivity (Wildman–Crippen MR) is 91.8 cm³/mol. The molecule has 0 radical (unpaired) electrons. The lowest BCUT2D eigenvalue weighted by Gasteiger charge is -2.14. The Labute approximate surface area is 132 Å². The number of aromatic nitrogens is 1. The molecule has 0 bridgehead atoms. The monoisotopic (exact) mass is 349 g/mol. The standard InChI is InChI=1S/C15H16BrN3S/c1-8-4-11(16)7-12(5-8)19-15-13(14(17)20)9(2)6-10(3)18-15/h4-7H,1-3H3,(H2,17,20)(H,18,19). The van der Waals surface area contributed by atoms with Gasteiger partial charge in [-0.05, 0) is 56.2 Å². The minimum absolute atomic E-state index is 0.351. The Kier molecular flexibility index (Phi) is 4.40. The lowest BCUT2D eigenvalue weighted by Crippen LogP contribution is -2.15. The summed E-state index contributed by atoms with van der Waals surface area (Å²) in [6.07, 6.45) is 0. The summed E-state index contributed by atoms with van der Waals surface area (Å²) in [6, 6.07) is 8.07. The van der Waals surface area contributed by atoms with Gasteiger partial charge in [0.15, 0.2) is 0 Å². The van der Waals surface area contributed by atoms with E-state index in [0.717, 1.165) is 32.5 Å². The zero-order chi connectivity index (χ0) is 14.9. The third kappa shape index (κ3) is 3.35. The Balaban J connectivity index is 2.49. The molecule has 0 amide bonds. The van der Waals surface area contributed by atoms with Crippen molar-refractivity contribution in [2.24, 2.45) is 5.73 Å². The topological polar surface area (TPSA) is 50.9 Å². The molecule has 0 aliphatic heterocycles. The second-order valence-corrected chi connectivity index (χ2v) is 6.17. The summed E-state index contributed by atoms with van der Waals surface area (Å²) in [5, 5.41) is 3.31. The first-order chi connectivity index (χ1) is 9.36. The van der Waals surface area contributed by atoms with Gasteiger partial charge in [-0.15, -0.1) is 0 Å². The van der Waals surface area contributed by atoms with Gasteiger partial charge in [-0.3, -0.25) is 0 Å². The molecule has 1 aromatic heterocycles. The number of aryl methyl sites for hydroxylation is 3. The Morgan fingerprint density at radius 2 is 1.90 bits per heavy atom. The van der Waals surface area contributed by atoms with Crippen LogP contribution in [0.2, 0.25) is 0 Å². The predicted octanol–water partition coefficient (Wildman–Crippen LogP) is 4.15. The average Bonchev–Trinajstić information content (AvgIpc) is 2.25. The van der Waals surface area contributed by atoms with Crippen LogP contribution in [0.15, 0.2) is 28.7 Å². The normalized spacial score (nSPS) is 10.4. The smallest absolute Gasteiger partial charge is 0.141 e. The molecule has 0 saturated heterocycles. The number of hydrogen-bond donors (Lipinski definition) is 2. The summed E-state index contributed by atoms with van der Waals surface area (Å²) in [7, 11) is 0. The van der Waals surface area contributed by atoms with E-state index < -0.39 is 0 Å². The number of rotatable bonds is 3. The van der Waals surface area contributed by atoms with Crippen molar-refractivity contribution in [3.63, 3.8) is 0 Å². The van der Waals surface area contributed by atoms with Crippen LogP contribution in [0.1, 0.15) is 22.4 Å². The molecule has 0 aliphatic carbocycles. The highest BCUT2D eigenvalue weighted by atomic mass is 79.9. The molecule has 0 saturated carbocycles. The van der Waals surface area contributed by atoms with E-state index >= 15 is 0 Å². The fraction of sp³-hybridized carbons (Fsp3) is 0.200. The summed E-state index contributed by atoms with van der Waals surface area (Å²) in [6.45, 7) is 5.98. The largest absolute Gasteiger partial charge is 0.389 e. The van der Waals surface area contributed by atoms with Gasteiger partial charge in [0.2, 0.25) is 0 Å². The number of nitrogens with one attached hydrogen (secondary N) is 1. The SMILES string of the molecule is Cc1cc(Br)cc(Nc2nc(C)cc(C)c2C(N)=S)c1. The van der Waals surface area contributed by atoms with Crippen LogP contribution in [-0.4, -0.2) is 9.97 Å². The van der Waals surface area contributed by atoms with E-state index in [0.29, 0.717) is 10.8 Å². The summed E-state index contributed by atoms with van der Waals surface area (Å²) >= 11 is 8.63. The van der Waals surface area contributed by atoms with Crippen molar-refractivity contribution in [3.05, 3.63) is 51.1 Å². The number of benzene rings is 1. The molecule has 104 valence electrons. The van der Waals surface area contributed by atoms with Crippen molar-refractivity contribution in [1.82, 2.24) is 4.98 Å². The molecule has 5 heteroatoms. The lowest BCUT2D eigenvalue weighted by atomic mass is 10.1. The molecule has 0 fully saturated rings. The van der Waals surface area contributed by atoms with Crippen molar-refractivity contribution < 1.29 is 0 Å². The third-order valence-electron chi connectivity index (χ3n) is 2.90. The minimum atomic E-state index is 0.351. The zero-order valence-electron chi connectivity index (χ0n) is 11.6. The second-order valence-electron chi connectivity index (χ2n) is 4.81. The van der Waals surface area contributed by atoms with E-state index in [1.165, 1.54) is 0 Å². The van der Waals surface area contributed by atoms with Crippen molar-refractivity contribution in [1.29, 1.82) is 0 Å². The van der Waals surface area contributed by atoms with E-state index in [4.69, 9.17) is 18.0 Å². The molecule has 1 heterocycles. The van der Waals surface area contributed by atoms with E-state index in [2.05, 4.69) is 32.3 Å².